The molecule has 0 aliphatic carbocycles. The summed E-state index contributed by atoms with van der Waals surface area (Å²) in [6, 6.07) is 0. The van der Waals surface area contributed by atoms with Gasteiger partial charge >= 0.3 is 0 Å². The van der Waals surface area contributed by atoms with Gasteiger partial charge in [0.25, 0.3) is 0 Å². The third-order valence-corrected chi connectivity index (χ3v) is 2.95. The fourth-order valence-electron chi connectivity index (χ4n) is 1.89. The number of nitrogens with zero attached hydrogens (tertiary/aromatic N) is 2. The number of piperazine rings is 1. The van der Waals surface area contributed by atoms with Crippen molar-refractivity contribution in [2.24, 2.45) is 5.92 Å². The third-order valence-electron chi connectivity index (χ3n) is 2.61. The Morgan fingerprint density at radius 1 is 1.31 bits per heavy atom. The van der Waals surface area contributed by atoms with E-state index in [1.165, 1.54) is 0 Å². The summed E-state index contributed by atoms with van der Waals surface area (Å²) in [5, 5.41) is 0. The Balaban J connectivity index is 2.40. The van der Waals surface area contributed by atoms with Crippen LogP contribution in [0.4, 0.5) is 0 Å². The Labute approximate surface area is 109 Å². The van der Waals surface area contributed by atoms with E-state index in [2.05, 4.69) is 34.7 Å². The summed E-state index contributed by atoms with van der Waals surface area (Å²) >= 11 is 2.99. The molecule has 1 heterocycles. The number of carbonyl (C=O) groups is 1. The number of amides is 1. The number of halogens is 1. The van der Waals surface area contributed by atoms with E-state index in [-0.39, 0.29) is 5.91 Å². The zero-order chi connectivity index (χ0) is 12.3. The quantitative estimate of drug-likeness (QED) is 0.544. The molecule has 0 aromatic carbocycles. The van der Waals surface area contributed by atoms with E-state index in [9.17, 15) is 4.79 Å². The van der Waals surface area contributed by atoms with E-state index in [0.29, 0.717) is 19.0 Å². The highest BCUT2D eigenvalue weighted by Gasteiger charge is 2.30. The fourth-order valence-corrected chi connectivity index (χ4v) is 2.14. The monoisotopic (exact) mass is 282 g/mol. The van der Waals surface area contributed by atoms with Gasteiger partial charge in [0.2, 0.25) is 5.91 Å². The van der Waals surface area contributed by atoms with E-state index in [4.69, 9.17) is 15.7 Å². The van der Waals surface area contributed by atoms with E-state index in [1.54, 1.807) is 4.90 Å². The molecule has 3 nitrogen and oxygen atoms in total. The van der Waals surface area contributed by atoms with Gasteiger partial charge in [0.15, 0.2) is 0 Å². The van der Waals surface area contributed by atoms with E-state index in [0.717, 1.165) is 19.6 Å². The van der Waals surface area contributed by atoms with Gasteiger partial charge in [0.1, 0.15) is 0 Å². The number of rotatable bonds is 3. The molecule has 0 aromatic rings. The molecule has 0 N–H and O–H groups in total. The van der Waals surface area contributed by atoms with Gasteiger partial charge in [-0.2, -0.15) is 0 Å². The average Bonchev–Trinajstić information content (AvgIpc) is 2.15. The molecule has 0 unspecified atom stereocenters. The molecule has 1 saturated heterocycles. The van der Waals surface area contributed by atoms with Crippen molar-refractivity contribution in [3.63, 3.8) is 0 Å². The van der Waals surface area contributed by atoms with Crippen LogP contribution in [0.15, 0.2) is 0 Å². The molecule has 0 aromatic heterocycles. The van der Waals surface area contributed by atoms with Crippen LogP contribution in [0.5, 0.6) is 0 Å². The van der Waals surface area contributed by atoms with Crippen LogP contribution in [-0.2, 0) is 4.79 Å². The molecule has 6 heteroatoms. The molecule has 1 aliphatic heterocycles. The zero-order valence-corrected chi connectivity index (χ0v) is 11.5. The first kappa shape index (κ1) is 14.1. The minimum absolute atomic E-state index is 0.239. The second-order valence-corrected chi connectivity index (χ2v) is 6.07. The van der Waals surface area contributed by atoms with Crippen molar-refractivity contribution >= 4 is 37.5 Å². The molecule has 0 atom stereocenters. The summed E-state index contributed by atoms with van der Waals surface area (Å²) in [5.74, 6) is 0.415. The Hall–Kier alpha value is 0.0399. The van der Waals surface area contributed by atoms with Crippen LogP contribution in [0.1, 0.15) is 13.8 Å². The van der Waals surface area contributed by atoms with Gasteiger partial charge in [-0.15, -0.1) is 0 Å². The maximum Gasteiger partial charge on any atom is 0.221 e. The molecule has 0 saturated carbocycles. The summed E-state index contributed by atoms with van der Waals surface area (Å²) < 4.78 is -1.42. The maximum absolute atomic E-state index is 11.8. The molecule has 0 spiro atoms. The lowest BCUT2D eigenvalue weighted by Gasteiger charge is -2.38. The first-order valence-electron chi connectivity index (χ1n) is 5.59. The Kier molecular flexibility index (Phi) is 4.92. The van der Waals surface area contributed by atoms with Crippen LogP contribution in [-0.4, -0.2) is 68.2 Å². The minimum Gasteiger partial charge on any atom is -0.340 e. The third kappa shape index (κ3) is 4.13. The summed E-state index contributed by atoms with van der Waals surface area (Å²) in [6.45, 7) is 8.66. The lowest BCUT2D eigenvalue weighted by atomic mass is 9.69. The predicted molar refractivity (Wildman–Crippen MR) is 71.0 cm³/mol. The van der Waals surface area contributed by atoms with Crippen molar-refractivity contribution in [2.45, 2.75) is 18.0 Å². The number of alkyl halides is 1. The highest BCUT2D eigenvalue weighted by Crippen LogP contribution is 2.14. The maximum atomic E-state index is 11.8. The van der Waals surface area contributed by atoms with Crippen molar-refractivity contribution in [3.8, 4) is 0 Å². The lowest BCUT2D eigenvalue weighted by Crippen LogP contribution is -2.54. The summed E-state index contributed by atoms with van der Waals surface area (Å²) in [6.07, 6.45) is 0. The molecular formula is C10H17B2BrN2O. The molecule has 86 valence electrons. The van der Waals surface area contributed by atoms with Crippen molar-refractivity contribution in [1.82, 2.24) is 9.80 Å². The van der Waals surface area contributed by atoms with E-state index in [1.807, 2.05) is 0 Å². The fraction of sp³-hybridized carbons (Fsp3) is 0.900. The SMILES string of the molecule is [B]C([B])(Br)C(=O)N1CCN(CC(C)C)CC1. The van der Waals surface area contributed by atoms with Gasteiger partial charge in [-0.3, -0.25) is 9.69 Å². The Morgan fingerprint density at radius 2 is 1.81 bits per heavy atom. The van der Waals surface area contributed by atoms with Crippen molar-refractivity contribution in [2.75, 3.05) is 32.7 Å². The Morgan fingerprint density at radius 3 is 2.19 bits per heavy atom. The molecular weight excluding hydrogens is 266 g/mol. The highest BCUT2D eigenvalue weighted by atomic mass is 79.9. The second kappa shape index (κ2) is 5.58. The van der Waals surface area contributed by atoms with Crippen molar-refractivity contribution < 1.29 is 4.79 Å². The van der Waals surface area contributed by atoms with Gasteiger partial charge in [-0.1, -0.05) is 29.8 Å². The van der Waals surface area contributed by atoms with Gasteiger partial charge in [-0.05, 0) is 5.92 Å². The minimum atomic E-state index is -1.42. The summed E-state index contributed by atoms with van der Waals surface area (Å²) in [7, 11) is 11.0. The topological polar surface area (TPSA) is 23.6 Å². The highest BCUT2D eigenvalue weighted by molar-refractivity contribution is 9.11. The second-order valence-electron chi connectivity index (χ2n) is 4.75. The molecule has 4 radical (unpaired) electrons. The number of hydrogen-bond donors (Lipinski definition) is 0. The first-order chi connectivity index (χ1) is 7.30. The molecule has 1 rings (SSSR count). The zero-order valence-electron chi connectivity index (χ0n) is 9.95. The van der Waals surface area contributed by atoms with Gasteiger partial charge in [0.05, 0.1) is 15.7 Å². The lowest BCUT2D eigenvalue weighted by molar-refractivity contribution is -0.131. The van der Waals surface area contributed by atoms with Gasteiger partial charge < -0.3 is 4.90 Å². The summed E-state index contributed by atoms with van der Waals surface area (Å²) in [5.41, 5.74) is 0. The van der Waals surface area contributed by atoms with Crippen LogP contribution in [0, 0.1) is 5.92 Å². The molecule has 16 heavy (non-hydrogen) atoms. The Bertz CT molecular complexity index is 248. The molecule has 0 bridgehead atoms. The van der Waals surface area contributed by atoms with E-state index >= 15 is 0 Å². The van der Waals surface area contributed by atoms with Crippen molar-refractivity contribution in [3.05, 3.63) is 0 Å². The van der Waals surface area contributed by atoms with Crippen LogP contribution < -0.4 is 0 Å². The van der Waals surface area contributed by atoms with Gasteiger partial charge in [0, 0.05) is 36.8 Å². The van der Waals surface area contributed by atoms with Crippen LogP contribution >= 0.6 is 15.9 Å². The van der Waals surface area contributed by atoms with Crippen LogP contribution in [0.3, 0.4) is 0 Å². The van der Waals surface area contributed by atoms with Crippen LogP contribution in [0.2, 0.25) is 0 Å². The normalized spacial score (nSPS) is 19.1. The van der Waals surface area contributed by atoms with Crippen LogP contribution in [0.25, 0.3) is 0 Å². The average molecular weight is 283 g/mol. The first-order valence-corrected chi connectivity index (χ1v) is 6.38. The van der Waals surface area contributed by atoms with E-state index < -0.39 is 4.12 Å². The number of hydrogen-bond acceptors (Lipinski definition) is 2. The molecule has 1 aliphatic rings. The largest absolute Gasteiger partial charge is 0.340 e. The van der Waals surface area contributed by atoms with Gasteiger partial charge in [-0.25, -0.2) is 0 Å². The standard InChI is InChI=1S/C10H17B2BrN2O/c1-8(2)7-14-3-5-15(6-4-14)9(16)10(11,12)13/h8H,3-7H2,1-2H3. The molecule has 1 fully saturated rings. The smallest absolute Gasteiger partial charge is 0.221 e. The van der Waals surface area contributed by atoms with Crippen molar-refractivity contribution in [1.29, 1.82) is 0 Å². The summed E-state index contributed by atoms with van der Waals surface area (Å²) in [4.78, 5) is 15.8. The number of carbonyl (C=O) groups excluding carboxylic acids is 1. The molecule has 1 amide bonds. The predicted octanol–water partition coefficient (Wildman–Crippen LogP) is 0.172.